The molecular weight excluding hydrogens is 331 g/mol. The molecule has 5 nitrogen and oxygen atoms in total. The zero-order valence-corrected chi connectivity index (χ0v) is 14.5. The molecule has 0 aliphatic carbocycles. The van der Waals surface area contributed by atoms with Gasteiger partial charge in [-0.2, -0.15) is 4.31 Å². The maximum atomic E-state index is 13.6. The van der Waals surface area contributed by atoms with E-state index in [1.165, 1.54) is 53.8 Å². The van der Waals surface area contributed by atoms with Crippen LogP contribution in [0.3, 0.4) is 0 Å². The Kier molecular flexibility index (Phi) is 5.36. The molecule has 0 radical (unpaired) electrons. The molecule has 0 aromatic heterocycles. The molecule has 2 aromatic carbocycles. The van der Waals surface area contributed by atoms with E-state index in [0.29, 0.717) is 0 Å². The Labute approximate surface area is 141 Å². The largest absolute Gasteiger partial charge is 0.319 e. The van der Waals surface area contributed by atoms with Crippen molar-refractivity contribution in [2.24, 2.45) is 0 Å². The second-order valence-corrected chi connectivity index (χ2v) is 7.57. The molecule has 2 rings (SSSR count). The first kappa shape index (κ1) is 18.1. The number of hydrogen-bond donors (Lipinski definition) is 1. The van der Waals surface area contributed by atoms with Crippen LogP contribution >= 0.6 is 0 Å². The summed E-state index contributed by atoms with van der Waals surface area (Å²) in [5, 5.41) is 2.43. The predicted molar refractivity (Wildman–Crippen MR) is 90.9 cm³/mol. The molecule has 0 atom stereocenters. The lowest BCUT2D eigenvalue weighted by molar-refractivity contribution is 0.102. The summed E-state index contributed by atoms with van der Waals surface area (Å²) in [4.78, 5) is 12.3. The Morgan fingerprint density at radius 1 is 1.12 bits per heavy atom. The average molecular weight is 350 g/mol. The van der Waals surface area contributed by atoms with Gasteiger partial charge in [0.05, 0.1) is 10.6 Å². The second-order valence-electron chi connectivity index (χ2n) is 5.58. The highest BCUT2D eigenvalue weighted by Gasteiger charge is 2.24. The minimum Gasteiger partial charge on any atom is -0.319 e. The summed E-state index contributed by atoms with van der Waals surface area (Å²) in [6, 6.07) is 11.2. The number of amides is 1. The molecule has 7 heteroatoms. The van der Waals surface area contributed by atoms with Gasteiger partial charge in [-0.1, -0.05) is 18.2 Å². The second kappa shape index (κ2) is 7.11. The number of carbonyl (C=O) groups is 1. The van der Waals surface area contributed by atoms with E-state index in [0.717, 1.165) is 0 Å². The van der Waals surface area contributed by atoms with Crippen molar-refractivity contribution in [1.82, 2.24) is 4.31 Å². The maximum Gasteiger partial charge on any atom is 0.255 e. The Morgan fingerprint density at radius 3 is 2.42 bits per heavy atom. The fourth-order valence-electron chi connectivity index (χ4n) is 2.00. The van der Waals surface area contributed by atoms with E-state index >= 15 is 0 Å². The molecule has 0 unspecified atom stereocenters. The fourth-order valence-corrected chi connectivity index (χ4v) is 3.41. The summed E-state index contributed by atoms with van der Waals surface area (Å²) in [5.41, 5.74) is 0.173. The first-order chi connectivity index (χ1) is 11.2. The van der Waals surface area contributed by atoms with Crippen molar-refractivity contribution in [2.45, 2.75) is 24.8 Å². The van der Waals surface area contributed by atoms with Gasteiger partial charge >= 0.3 is 0 Å². The number of para-hydroxylation sites is 1. The van der Waals surface area contributed by atoms with Crippen LogP contribution < -0.4 is 5.32 Å². The molecule has 24 heavy (non-hydrogen) atoms. The van der Waals surface area contributed by atoms with Crippen LogP contribution in [0.2, 0.25) is 0 Å². The van der Waals surface area contributed by atoms with Gasteiger partial charge in [-0.3, -0.25) is 4.79 Å². The molecule has 0 saturated carbocycles. The monoisotopic (exact) mass is 350 g/mol. The van der Waals surface area contributed by atoms with Crippen LogP contribution in [-0.4, -0.2) is 31.7 Å². The van der Waals surface area contributed by atoms with Crippen LogP contribution in [0.1, 0.15) is 24.2 Å². The molecule has 1 N–H and O–H groups in total. The SMILES string of the molecule is CC(C)N(C)S(=O)(=O)c1cccc(C(=O)Nc2ccccc2F)c1. The summed E-state index contributed by atoms with van der Waals surface area (Å²) in [6.07, 6.45) is 0. The lowest BCUT2D eigenvalue weighted by Gasteiger charge is -2.21. The number of hydrogen-bond acceptors (Lipinski definition) is 3. The van der Waals surface area contributed by atoms with E-state index in [-0.39, 0.29) is 22.2 Å². The number of anilines is 1. The van der Waals surface area contributed by atoms with Gasteiger partial charge in [-0.15, -0.1) is 0 Å². The zero-order valence-electron chi connectivity index (χ0n) is 13.7. The van der Waals surface area contributed by atoms with E-state index in [1.807, 2.05) is 0 Å². The normalized spacial score (nSPS) is 11.8. The van der Waals surface area contributed by atoms with Gasteiger partial charge in [0.15, 0.2) is 0 Å². The molecule has 0 bridgehead atoms. The number of carbonyl (C=O) groups excluding carboxylic acids is 1. The third-order valence-electron chi connectivity index (χ3n) is 3.62. The molecule has 0 spiro atoms. The number of nitrogens with one attached hydrogen (secondary N) is 1. The first-order valence-corrected chi connectivity index (χ1v) is 8.81. The van der Waals surface area contributed by atoms with Gasteiger partial charge in [-0.25, -0.2) is 12.8 Å². The summed E-state index contributed by atoms with van der Waals surface area (Å²) < 4.78 is 39.8. The van der Waals surface area contributed by atoms with Crippen LogP contribution in [0.5, 0.6) is 0 Å². The van der Waals surface area contributed by atoms with Gasteiger partial charge < -0.3 is 5.32 Å². The Hall–Kier alpha value is -2.25. The van der Waals surface area contributed by atoms with E-state index in [2.05, 4.69) is 5.32 Å². The molecule has 0 heterocycles. The van der Waals surface area contributed by atoms with E-state index in [4.69, 9.17) is 0 Å². The molecule has 0 aliphatic heterocycles. The van der Waals surface area contributed by atoms with Crippen LogP contribution in [0.25, 0.3) is 0 Å². The number of nitrogens with zero attached hydrogens (tertiary/aromatic N) is 1. The Morgan fingerprint density at radius 2 is 1.79 bits per heavy atom. The minimum absolute atomic E-state index is 0.0138. The van der Waals surface area contributed by atoms with Crippen LogP contribution in [0.15, 0.2) is 53.4 Å². The average Bonchev–Trinajstić information content (AvgIpc) is 2.56. The molecule has 128 valence electrons. The van der Waals surface area contributed by atoms with Gasteiger partial charge in [0, 0.05) is 18.7 Å². The first-order valence-electron chi connectivity index (χ1n) is 7.37. The Balaban J connectivity index is 2.31. The number of rotatable bonds is 5. The van der Waals surface area contributed by atoms with Gasteiger partial charge in [-0.05, 0) is 44.2 Å². The van der Waals surface area contributed by atoms with Gasteiger partial charge in [0.2, 0.25) is 10.0 Å². The number of sulfonamides is 1. The van der Waals surface area contributed by atoms with Gasteiger partial charge in [0.1, 0.15) is 5.82 Å². The predicted octanol–water partition coefficient (Wildman–Crippen LogP) is 3.11. The van der Waals surface area contributed by atoms with Gasteiger partial charge in [0.25, 0.3) is 5.91 Å². The molecule has 1 amide bonds. The topological polar surface area (TPSA) is 66.5 Å². The maximum absolute atomic E-state index is 13.6. The highest BCUT2D eigenvalue weighted by atomic mass is 32.2. The van der Waals surface area contributed by atoms with Crippen molar-refractivity contribution < 1.29 is 17.6 Å². The fraction of sp³-hybridized carbons (Fsp3) is 0.235. The highest BCUT2D eigenvalue weighted by Crippen LogP contribution is 2.19. The molecule has 0 fully saturated rings. The van der Waals surface area contributed by atoms with Crippen LogP contribution in [0, 0.1) is 5.82 Å². The molecule has 2 aromatic rings. The lowest BCUT2D eigenvalue weighted by atomic mass is 10.2. The highest BCUT2D eigenvalue weighted by molar-refractivity contribution is 7.89. The smallest absolute Gasteiger partial charge is 0.255 e. The zero-order chi connectivity index (χ0) is 17.9. The van der Waals surface area contributed by atoms with E-state index in [9.17, 15) is 17.6 Å². The van der Waals surface area contributed by atoms with Crippen molar-refractivity contribution >= 4 is 21.6 Å². The quantitative estimate of drug-likeness (QED) is 0.901. The minimum atomic E-state index is -3.70. The molecule has 0 aliphatic rings. The third kappa shape index (κ3) is 3.80. The molecule has 0 saturated heterocycles. The standard InChI is InChI=1S/C17H19FN2O3S/c1-12(2)20(3)24(22,23)14-8-6-7-13(11-14)17(21)19-16-10-5-4-9-15(16)18/h4-12H,1-3H3,(H,19,21). The van der Waals surface area contributed by atoms with Crippen LogP contribution in [0.4, 0.5) is 10.1 Å². The lowest BCUT2D eigenvalue weighted by Crippen LogP contribution is -2.33. The Bertz CT molecular complexity index is 850. The van der Waals surface area contributed by atoms with Crippen molar-refractivity contribution in [3.05, 3.63) is 59.9 Å². The summed E-state index contributed by atoms with van der Waals surface area (Å²) in [5.74, 6) is -1.14. The van der Waals surface area contributed by atoms with E-state index < -0.39 is 21.7 Å². The van der Waals surface area contributed by atoms with Crippen molar-refractivity contribution in [3.63, 3.8) is 0 Å². The van der Waals surface area contributed by atoms with Crippen molar-refractivity contribution in [3.8, 4) is 0 Å². The number of benzene rings is 2. The third-order valence-corrected chi connectivity index (χ3v) is 5.65. The van der Waals surface area contributed by atoms with Crippen molar-refractivity contribution in [2.75, 3.05) is 12.4 Å². The summed E-state index contributed by atoms with van der Waals surface area (Å²) in [7, 11) is -2.22. The number of halogens is 1. The summed E-state index contributed by atoms with van der Waals surface area (Å²) >= 11 is 0. The van der Waals surface area contributed by atoms with Crippen molar-refractivity contribution in [1.29, 1.82) is 0 Å². The summed E-state index contributed by atoms with van der Waals surface area (Å²) in [6.45, 7) is 3.51. The molecular formula is C17H19FN2O3S. The van der Waals surface area contributed by atoms with Crippen LogP contribution in [-0.2, 0) is 10.0 Å². The van der Waals surface area contributed by atoms with E-state index in [1.54, 1.807) is 19.9 Å².